The molecule has 7 heteroatoms. The number of rotatable bonds is 3. The molecule has 7 nitrogen and oxygen atoms in total. The zero-order valence-electron chi connectivity index (χ0n) is 12.9. The van der Waals surface area contributed by atoms with E-state index in [1.807, 2.05) is 28.8 Å². The first-order valence-electron chi connectivity index (χ1n) is 7.90. The number of fused-ring (bicyclic) bond motifs is 2. The molecule has 23 heavy (non-hydrogen) atoms. The van der Waals surface area contributed by atoms with Gasteiger partial charge in [0.1, 0.15) is 23.0 Å². The van der Waals surface area contributed by atoms with Crippen LogP contribution in [-0.4, -0.2) is 36.1 Å². The van der Waals surface area contributed by atoms with Crippen molar-refractivity contribution in [2.75, 3.05) is 0 Å². The van der Waals surface area contributed by atoms with Crippen LogP contribution in [0.15, 0.2) is 30.6 Å². The number of pyridine rings is 1. The van der Waals surface area contributed by atoms with Gasteiger partial charge in [-0.3, -0.25) is 4.79 Å². The molecular weight excluding hydrogens is 292 g/mol. The molecule has 0 saturated heterocycles. The van der Waals surface area contributed by atoms with Crippen LogP contribution in [0.25, 0.3) is 5.65 Å². The summed E-state index contributed by atoms with van der Waals surface area (Å²) in [4.78, 5) is 16.8. The van der Waals surface area contributed by atoms with E-state index in [-0.39, 0.29) is 11.9 Å². The third-order valence-electron chi connectivity index (χ3n) is 4.27. The Labute approximate surface area is 133 Å². The van der Waals surface area contributed by atoms with Crippen LogP contribution in [-0.2, 0) is 19.4 Å². The number of nitrogens with one attached hydrogen (secondary N) is 1. The van der Waals surface area contributed by atoms with E-state index in [0.717, 1.165) is 43.1 Å². The summed E-state index contributed by atoms with van der Waals surface area (Å²) in [6.07, 6.45) is 6.20. The molecular formula is C16H18N6O. The number of imidazole rings is 1. The number of aromatic nitrogens is 5. The molecule has 0 saturated carbocycles. The van der Waals surface area contributed by atoms with Crippen LogP contribution in [0.5, 0.6) is 0 Å². The highest BCUT2D eigenvalue weighted by molar-refractivity contribution is 5.93. The molecule has 1 amide bonds. The van der Waals surface area contributed by atoms with Gasteiger partial charge in [-0.05, 0) is 18.6 Å². The maximum absolute atomic E-state index is 12.5. The molecule has 4 rings (SSSR count). The summed E-state index contributed by atoms with van der Waals surface area (Å²) < 4.78 is 3.97. The summed E-state index contributed by atoms with van der Waals surface area (Å²) in [6, 6.07) is 5.79. The lowest BCUT2D eigenvalue weighted by Gasteiger charge is -2.24. The lowest BCUT2D eigenvalue weighted by atomic mass is 10.1. The third-order valence-corrected chi connectivity index (χ3v) is 4.27. The number of hydrogen-bond acceptors (Lipinski definition) is 4. The Balaban J connectivity index is 1.51. The van der Waals surface area contributed by atoms with Crippen molar-refractivity contribution in [3.8, 4) is 0 Å². The average Bonchev–Trinajstić information content (AvgIpc) is 3.18. The average molecular weight is 310 g/mol. The monoisotopic (exact) mass is 310 g/mol. The Kier molecular flexibility index (Phi) is 3.33. The van der Waals surface area contributed by atoms with Crippen LogP contribution in [0.3, 0.4) is 0 Å². The normalized spacial score (nSPS) is 17.2. The van der Waals surface area contributed by atoms with E-state index >= 15 is 0 Å². The van der Waals surface area contributed by atoms with Gasteiger partial charge in [-0.25, -0.2) is 4.98 Å². The van der Waals surface area contributed by atoms with Crippen LogP contribution in [0.4, 0.5) is 0 Å². The van der Waals surface area contributed by atoms with Crippen molar-refractivity contribution in [1.82, 2.24) is 29.5 Å². The number of amides is 1. The van der Waals surface area contributed by atoms with Gasteiger partial charge in [0.25, 0.3) is 5.91 Å². The molecule has 3 aromatic rings. The topological polar surface area (TPSA) is 77.1 Å². The molecule has 0 spiro atoms. The number of nitrogens with zero attached hydrogens (tertiary/aromatic N) is 5. The van der Waals surface area contributed by atoms with Crippen molar-refractivity contribution in [2.45, 2.75) is 38.8 Å². The first kappa shape index (κ1) is 13.9. The van der Waals surface area contributed by atoms with Crippen LogP contribution in [0.2, 0.25) is 0 Å². The van der Waals surface area contributed by atoms with Crippen molar-refractivity contribution in [3.63, 3.8) is 0 Å². The summed E-state index contributed by atoms with van der Waals surface area (Å²) in [7, 11) is 0. The quantitative estimate of drug-likeness (QED) is 0.789. The second-order valence-corrected chi connectivity index (χ2v) is 5.80. The molecule has 4 heterocycles. The highest BCUT2D eigenvalue weighted by atomic mass is 16.2. The maximum Gasteiger partial charge on any atom is 0.271 e. The van der Waals surface area contributed by atoms with Crippen molar-refractivity contribution >= 4 is 11.6 Å². The zero-order chi connectivity index (χ0) is 15.8. The highest BCUT2D eigenvalue weighted by Crippen LogP contribution is 2.16. The number of hydrogen-bond donors (Lipinski definition) is 1. The van der Waals surface area contributed by atoms with E-state index in [1.54, 1.807) is 6.20 Å². The van der Waals surface area contributed by atoms with Crippen LogP contribution < -0.4 is 5.32 Å². The summed E-state index contributed by atoms with van der Waals surface area (Å²) in [5.74, 6) is 1.86. The van der Waals surface area contributed by atoms with Gasteiger partial charge in [-0.15, -0.1) is 10.2 Å². The van der Waals surface area contributed by atoms with E-state index in [0.29, 0.717) is 5.69 Å². The van der Waals surface area contributed by atoms with Gasteiger partial charge in [0.05, 0.1) is 0 Å². The second-order valence-electron chi connectivity index (χ2n) is 5.80. The fourth-order valence-electron chi connectivity index (χ4n) is 3.07. The van der Waals surface area contributed by atoms with Gasteiger partial charge in [0.2, 0.25) is 0 Å². The molecule has 1 N–H and O–H groups in total. The van der Waals surface area contributed by atoms with Crippen molar-refractivity contribution < 1.29 is 4.79 Å². The first-order chi connectivity index (χ1) is 11.2. The predicted octanol–water partition coefficient (Wildman–Crippen LogP) is 1.23. The molecule has 0 bridgehead atoms. The Hall–Kier alpha value is -2.70. The molecule has 3 aromatic heterocycles. The fraction of sp³-hybridized carbons (Fsp3) is 0.375. The Morgan fingerprint density at radius 3 is 3.13 bits per heavy atom. The lowest BCUT2D eigenvalue weighted by molar-refractivity contribution is 0.0923. The van der Waals surface area contributed by atoms with E-state index in [4.69, 9.17) is 0 Å². The Bertz CT molecular complexity index is 818. The highest BCUT2D eigenvalue weighted by Gasteiger charge is 2.24. The van der Waals surface area contributed by atoms with Crippen LogP contribution in [0, 0.1) is 0 Å². The van der Waals surface area contributed by atoms with Crippen LogP contribution >= 0.6 is 0 Å². The minimum absolute atomic E-state index is 0.0844. The maximum atomic E-state index is 12.5. The van der Waals surface area contributed by atoms with Crippen molar-refractivity contribution in [1.29, 1.82) is 0 Å². The molecule has 0 radical (unpaired) electrons. The molecule has 118 valence electrons. The molecule has 1 aliphatic heterocycles. The van der Waals surface area contributed by atoms with Gasteiger partial charge in [-0.2, -0.15) is 0 Å². The van der Waals surface area contributed by atoms with Gasteiger partial charge >= 0.3 is 0 Å². The summed E-state index contributed by atoms with van der Waals surface area (Å²) in [5.41, 5.74) is 1.22. The van der Waals surface area contributed by atoms with Gasteiger partial charge in [0, 0.05) is 37.8 Å². The Morgan fingerprint density at radius 1 is 1.39 bits per heavy atom. The SMILES string of the molecule is CCc1nnc2n1CC(NC(=O)c1cn3ccccc3n1)CC2. The predicted molar refractivity (Wildman–Crippen MR) is 84.2 cm³/mol. The third kappa shape index (κ3) is 2.48. The fourth-order valence-corrected chi connectivity index (χ4v) is 3.07. The largest absolute Gasteiger partial charge is 0.346 e. The van der Waals surface area contributed by atoms with E-state index in [2.05, 4.69) is 32.0 Å². The van der Waals surface area contributed by atoms with E-state index in [9.17, 15) is 4.79 Å². The summed E-state index contributed by atoms with van der Waals surface area (Å²) in [5, 5.41) is 11.5. The summed E-state index contributed by atoms with van der Waals surface area (Å²) >= 11 is 0. The lowest BCUT2D eigenvalue weighted by Crippen LogP contribution is -2.41. The minimum atomic E-state index is -0.131. The smallest absolute Gasteiger partial charge is 0.271 e. The van der Waals surface area contributed by atoms with Crippen molar-refractivity contribution in [2.24, 2.45) is 0 Å². The minimum Gasteiger partial charge on any atom is -0.346 e. The van der Waals surface area contributed by atoms with Gasteiger partial charge in [0.15, 0.2) is 0 Å². The zero-order valence-corrected chi connectivity index (χ0v) is 12.9. The molecule has 0 aliphatic carbocycles. The molecule has 0 fully saturated rings. The van der Waals surface area contributed by atoms with Gasteiger partial charge in [-0.1, -0.05) is 13.0 Å². The van der Waals surface area contributed by atoms with Gasteiger partial charge < -0.3 is 14.3 Å². The van der Waals surface area contributed by atoms with E-state index in [1.165, 1.54) is 0 Å². The van der Waals surface area contributed by atoms with Crippen molar-refractivity contribution in [3.05, 3.63) is 47.9 Å². The molecule has 1 aliphatic rings. The van der Waals surface area contributed by atoms with Crippen LogP contribution in [0.1, 0.15) is 35.5 Å². The second kappa shape index (κ2) is 5.49. The number of aryl methyl sites for hydroxylation is 2. The standard InChI is InChI=1S/C16H18N6O/c1-2-13-19-20-15-7-6-11(9-22(13)15)17-16(23)12-10-21-8-4-3-5-14(21)18-12/h3-5,8,10-11H,2,6-7,9H2,1H3,(H,17,23). The molecule has 1 unspecified atom stereocenters. The number of carbonyl (C=O) groups excluding carboxylic acids is 1. The molecule has 0 aromatic carbocycles. The summed E-state index contributed by atoms with van der Waals surface area (Å²) in [6.45, 7) is 2.79. The first-order valence-corrected chi connectivity index (χ1v) is 7.90. The van der Waals surface area contributed by atoms with E-state index < -0.39 is 0 Å². The Morgan fingerprint density at radius 2 is 2.30 bits per heavy atom. The molecule has 1 atom stereocenters. The number of carbonyl (C=O) groups is 1.